The quantitative estimate of drug-likeness (QED) is 0.0614. The van der Waals surface area contributed by atoms with E-state index in [2.05, 4.69) is 28.0 Å². The molecule has 1 rings (SSSR count). The molecular formula is C18H24ClIN2O4. The molecule has 0 aliphatic carbocycles. The Bertz CT molecular complexity index is 677. The fraction of sp³-hybridized carbons (Fsp3) is 0.444. The van der Waals surface area contributed by atoms with E-state index in [1.807, 2.05) is 6.92 Å². The van der Waals surface area contributed by atoms with Gasteiger partial charge in [-0.25, -0.2) is 9.80 Å². The predicted molar refractivity (Wildman–Crippen MR) is 110 cm³/mol. The van der Waals surface area contributed by atoms with Crippen LogP contribution >= 0.6 is 34.2 Å². The lowest BCUT2D eigenvalue weighted by atomic mass is 10.0. The Labute approximate surface area is 173 Å². The molecule has 0 unspecified atom stereocenters. The summed E-state index contributed by atoms with van der Waals surface area (Å²) in [6.07, 6.45) is 1.58. The molecule has 6 nitrogen and oxygen atoms in total. The number of unbranched alkanes of at least 4 members (excludes halogenated alkanes) is 1. The van der Waals surface area contributed by atoms with Crippen LogP contribution in [0.1, 0.15) is 37.0 Å². The second-order valence-corrected chi connectivity index (χ2v) is 7.24. The summed E-state index contributed by atoms with van der Waals surface area (Å²) in [5.41, 5.74) is 2.87. The van der Waals surface area contributed by atoms with Gasteiger partial charge < -0.3 is 9.47 Å². The molecule has 0 aliphatic heterocycles. The number of esters is 1. The third-order valence-electron chi connectivity index (χ3n) is 3.18. The van der Waals surface area contributed by atoms with E-state index in [4.69, 9.17) is 21.1 Å². The molecule has 0 aliphatic rings. The molecule has 1 aromatic carbocycles. The largest absolute Gasteiger partial charge is 0.478 e. The van der Waals surface area contributed by atoms with Crippen molar-refractivity contribution in [2.75, 3.05) is 27.3 Å². The predicted octanol–water partition coefficient (Wildman–Crippen LogP) is 3.78. The van der Waals surface area contributed by atoms with Crippen molar-refractivity contribution in [3.05, 3.63) is 43.8 Å². The van der Waals surface area contributed by atoms with Crippen LogP contribution in [-0.2, 0) is 14.3 Å². The minimum atomic E-state index is -0.740. The van der Waals surface area contributed by atoms with Crippen molar-refractivity contribution in [3.8, 4) is 0 Å². The van der Waals surface area contributed by atoms with E-state index in [1.165, 1.54) is 0 Å². The van der Waals surface area contributed by atoms with Crippen molar-refractivity contribution < 1.29 is 19.1 Å². The number of halogens is 2. The van der Waals surface area contributed by atoms with Gasteiger partial charge in [-0.15, -0.1) is 0 Å². The average molecular weight is 495 g/mol. The number of ketones is 1. The van der Waals surface area contributed by atoms with E-state index < -0.39 is 11.8 Å². The standard InChI is InChI=1S/C18H24ClIN2O4/c1-5-7-10-26-18(24)15(17(25-6-2)21-22(3)4)16(23)13-11-12(20)8-9-14(13)19/h8-9,11,21H,5-7,10H2,1-4H3. The van der Waals surface area contributed by atoms with E-state index in [0.29, 0.717) is 6.42 Å². The normalized spacial score (nSPS) is 11.8. The minimum Gasteiger partial charge on any atom is -0.478 e. The Balaban J connectivity index is 3.39. The number of ether oxygens (including phenoxy) is 2. The van der Waals surface area contributed by atoms with Gasteiger partial charge in [0.25, 0.3) is 0 Å². The molecule has 0 saturated heterocycles. The zero-order valence-electron chi connectivity index (χ0n) is 15.4. The van der Waals surface area contributed by atoms with E-state index in [-0.39, 0.29) is 35.3 Å². The number of carbonyl (C=O) groups is 2. The van der Waals surface area contributed by atoms with E-state index in [0.717, 1.165) is 9.99 Å². The topological polar surface area (TPSA) is 67.9 Å². The number of hydrazine groups is 1. The maximum Gasteiger partial charge on any atom is 0.347 e. The van der Waals surface area contributed by atoms with Crippen LogP contribution < -0.4 is 5.43 Å². The molecule has 0 fully saturated rings. The molecule has 0 aromatic heterocycles. The Morgan fingerprint density at radius 2 is 1.92 bits per heavy atom. The lowest BCUT2D eigenvalue weighted by Gasteiger charge is -2.20. The summed E-state index contributed by atoms with van der Waals surface area (Å²) in [4.78, 5) is 25.7. The van der Waals surface area contributed by atoms with E-state index in [1.54, 1.807) is 44.2 Å². The van der Waals surface area contributed by atoms with Crippen LogP contribution in [0.3, 0.4) is 0 Å². The van der Waals surface area contributed by atoms with Crippen LogP contribution in [0.5, 0.6) is 0 Å². The molecule has 0 spiro atoms. The molecule has 1 aromatic rings. The molecule has 144 valence electrons. The van der Waals surface area contributed by atoms with Crippen LogP contribution in [0, 0.1) is 3.57 Å². The third-order valence-corrected chi connectivity index (χ3v) is 4.18. The fourth-order valence-corrected chi connectivity index (χ4v) is 2.68. The highest BCUT2D eigenvalue weighted by Crippen LogP contribution is 2.24. The second-order valence-electron chi connectivity index (χ2n) is 5.59. The highest BCUT2D eigenvalue weighted by atomic mass is 127. The molecule has 8 heteroatoms. The molecule has 1 N–H and O–H groups in total. The lowest BCUT2D eigenvalue weighted by molar-refractivity contribution is -0.139. The van der Waals surface area contributed by atoms with Gasteiger partial charge in [0.1, 0.15) is 0 Å². The second kappa shape index (κ2) is 11.4. The van der Waals surface area contributed by atoms with Crippen LogP contribution in [-0.4, -0.2) is 44.1 Å². The molecule has 0 bridgehead atoms. The Morgan fingerprint density at radius 1 is 1.23 bits per heavy atom. The molecule has 26 heavy (non-hydrogen) atoms. The summed E-state index contributed by atoms with van der Waals surface area (Å²) >= 11 is 8.26. The number of nitrogens with zero attached hydrogens (tertiary/aromatic N) is 1. The van der Waals surface area contributed by atoms with Crippen LogP contribution in [0.4, 0.5) is 0 Å². The fourth-order valence-electron chi connectivity index (χ4n) is 1.98. The van der Waals surface area contributed by atoms with Gasteiger partial charge in [0.15, 0.2) is 5.57 Å². The number of carbonyl (C=O) groups excluding carboxylic acids is 2. The lowest BCUT2D eigenvalue weighted by Crippen LogP contribution is -2.35. The number of Topliss-reactive ketones (excluding diaryl/α,β-unsaturated/α-hetero) is 1. The van der Waals surface area contributed by atoms with Crippen LogP contribution in [0.2, 0.25) is 5.02 Å². The molecule has 0 heterocycles. The first-order valence-electron chi connectivity index (χ1n) is 8.29. The van der Waals surface area contributed by atoms with Crippen LogP contribution in [0.15, 0.2) is 29.7 Å². The number of hydrogen-bond acceptors (Lipinski definition) is 6. The Hall–Kier alpha value is -1.32. The highest BCUT2D eigenvalue weighted by molar-refractivity contribution is 14.1. The first-order chi connectivity index (χ1) is 12.3. The number of rotatable bonds is 10. The van der Waals surface area contributed by atoms with Gasteiger partial charge in [0.05, 0.1) is 18.2 Å². The van der Waals surface area contributed by atoms with Crippen molar-refractivity contribution in [2.24, 2.45) is 0 Å². The third kappa shape index (κ3) is 6.77. The summed E-state index contributed by atoms with van der Waals surface area (Å²) in [6.45, 7) is 4.25. The first kappa shape index (κ1) is 22.7. The van der Waals surface area contributed by atoms with Gasteiger partial charge in [-0.1, -0.05) is 24.9 Å². The summed E-state index contributed by atoms with van der Waals surface area (Å²) < 4.78 is 11.6. The summed E-state index contributed by atoms with van der Waals surface area (Å²) in [5.74, 6) is -1.25. The highest BCUT2D eigenvalue weighted by Gasteiger charge is 2.29. The maximum atomic E-state index is 13.1. The van der Waals surface area contributed by atoms with Crippen molar-refractivity contribution in [1.82, 2.24) is 10.4 Å². The molecule has 0 amide bonds. The van der Waals surface area contributed by atoms with Crippen molar-refractivity contribution in [1.29, 1.82) is 0 Å². The van der Waals surface area contributed by atoms with Gasteiger partial charge in [-0.05, 0) is 54.1 Å². The van der Waals surface area contributed by atoms with Crippen molar-refractivity contribution in [3.63, 3.8) is 0 Å². The smallest absolute Gasteiger partial charge is 0.347 e. The molecular weight excluding hydrogens is 471 g/mol. The van der Waals surface area contributed by atoms with Crippen LogP contribution in [0.25, 0.3) is 0 Å². The maximum absolute atomic E-state index is 13.1. The van der Waals surface area contributed by atoms with Gasteiger partial charge in [-0.2, -0.15) is 0 Å². The van der Waals surface area contributed by atoms with Crippen molar-refractivity contribution >= 4 is 45.9 Å². The first-order valence-corrected chi connectivity index (χ1v) is 9.75. The van der Waals surface area contributed by atoms with Gasteiger partial charge in [0, 0.05) is 23.2 Å². The monoisotopic (exact) mass is 494 g/mol. The minimum absolute atomic E-state index is 0.0407. The van der Waals surface area contributed by atoms with Crippen molar-refractivity contribution in [2.45, 2.75) is 26.7 Å². The summed E-state index contributed by atoms with van der Waals surface area (Å²) in [7, 11) is 3.45. The number of benzene rings is 1. The van der Waals surface area contributed by atoms with E-state index >= 15 is 0 Å². The van der Waals surface area contributed by atoms with Gasteiger partial charge in [0.2, 0.25) is 11.7 Å². The summed E-state index contributed by atoms with van der Waals surface area (Å²) in [5, 5.41) is 1.84. The molecule has 0 radical (unpaired) electrons. The van der Waals surface area contributed by atoms with Gasteiger partial charge in [-0.3, -0.25) is 10.2 Å². The number of hydrogen-bond donors (Lipinski definition) is 1. The van der Waals surface area contributed by atoms with Gasteiger partial charge >= 0.3 is 5.97 Å². The SMILES string of the molecule is CCCCOC(=O)C(C(=O)c1cc(I)ccc1Cl)=C(NN(C)C)OCC. The zero-order valence-corrected chi connectivity index (χ0v) is 18.3. The Kier molecular flexibility index (Phi) is 9.97. The van der Waals surface area contributed by atoms with E-state index in [9.17, 15) is 9.59 Å². The zero-order chi connectivity index (χ0) is 19.7. The summed E-state index contributed by atoms with van der Waals surface area (Å²) in [6, 6.07) is 5.03. The number of nitrogens with one attached hydrogen (secondary N) is 1. The molecule has 0 saturated carbocycles. The molecule has 0 atom stereocenters. The average Bonchev–Trinajstić information content (AvgIpc) is 2.57. The Morgan fingerprint density at radius 3 is 2.50 bits per heavy atom.